The molecule has 16 heavy (non-hydrogen) atoms. The summed E-state index contributed by atoms with van der Waals surface area (Å²) in [6.45, 7) is 3.22. The van der Waals surface area contributed by atoms with Crippen molar-refractivity contribution in [2.45, 2.75) is 32.7 Å². The van der Waals surface area contributed by atoms with Crippen LogP contribution >= 0.6 is 0 Å². The highest BCUT2D eigenvalue weighted by Gasteiger charge is 2.16. The molecular formula is C12H15F2NO. The molecule has 2 N–H and O–H groups in total. The van der Waals surface area contributed by atoms with Crippen molar-refractivity contribution in [3.63, 3.8) is 0 Å². The van der Waals surface area contributed by atoms with Gasteiger partial charge in [-0.15, -0.1) is 0 Å². The van der Waals surface area contributed by atoms with Gasteiger partial charge in [0.05, 0.1) is 5.56 Å². The Balaban J connectivity index is 2.88. The normalized spacial score (nSPS) is 12.6. The van der Waals surface area contributed by atoms with Crippen molar-refractivity contribution >= 4 is 5.78 Å². The molecule has 2 nitrogen and oxygen atoms in total. The second-order valence-electron chi connectivity index (χ2n) is 4.00. The van der Waals surface area contributed by atoms with Crippen LogP contribution in [0.3, 0.4) is 0 Å². The van der Waals surface area contributed by atoms with E-state index >= 15 is 0 Å². The molecule has 0 aromatic heterocycles. The van der Waals surface area contributed by atoms with Crippen molar-refractivity contribution in [1.29, 1.82) is 0 Å². The van der Waals surface area contributed by atoms with E-state index in [0.29, 0.717) is 6.42 Å². The molecule has 1 unspecified atom stereocenters. The van der Waals surface area contributed by atoms with Crippen LogP contribution in [0.2, 0.25) is 0 Å². The van der Waals surface area contributed by atoms with Crippen molar-refractivity contribution in [3.05, 3.63) is 34.9 Å². The molecule has 88 valence electrons. The van der Waals surface area contributed by atoms with Gasteiger partial charge in [0.1, 0.15) is 0 Å². The average molecular weight is 227 g/mol. The third-order valence-corrected chi connectivity index (χ3v) is 2.40. The minimum atomic E-state index is -1.06. The van der Waals surface area contributed by atoms with Crippen molar-refractivity contribution in [3.8, 4) is 0 Å². The van der Waals surface area contributed by atoms with Gasteiger partial charge in [-0.25, -0.2) is 8.78 Å². The second-order valence-corrected chi connectivity index (χ2v) is 4.00. The van der Waals surface area contributed by atoms with Crippen LogP contribution in [0.25, 0.3) is 0 Å². The highest BCUT2D eigenvalue weighted by Crippen LogP contribution is 2.17. The fraction of sp³-hybridized carbons (Fsp3) is 0.417. The first kappa shape index (κ1) is 12.8. The van der Waals surface area contributed by atoms with Crippen molar-refractivity contribution in [1.82, 2.24) is 0 Å². The predicted octanol–water partition coefficient (Wildman–Crippen LogP) is 2.58. The molecule has 1 rings (SSSR count). The monoisotopic (exact) mass is 227 g/mol. The molecule has 0 aliphatic rings. The van der Waals surface area contributed by atoms with E-state index in [-0.39, 0.29) is 23.6 Å². The molecule has 4 heteroatoms. The Morgan fingerprint density at radius 3 is 2.56 bits per heavy atom. The first-order valence-corrected chi connectivity index (χ1v) is 5.17. The zero-order valence-electron chi connectivity index (χ0n) is 9.39. The van der Waals surface area contributed by atoms with Crippen LogP contribution < -0.4 is 5.73 Å². The largest absolute Gasteiger partial charge is 0.328 e. The number of hydrogen-bond acceptors (Lipinski definition) is 2. The van der Waals surface area contributed by atoms with E-state index in [1.165, 1.54) is 19.1 Å². The molecule has 1 aromatic carbocycles. The minimum Gasteiger partial charge on any atom is -0.328 e. The van der Waals surface area contributed by atoms with Crippen LogP contribution in [0.4, 0.5) is 8.78 Å². The molecule has 1 atom stereocenters. The van der Waals surface area contributed by atoms with Crippen LogP contribution in [0.15, 0.2) is 12.1 Å². The highest BCUT2D eigenvalue weighted by atomic mass is 19.2. The third-order valence-electron chi connectivity index (χ3n) is 2.40. The van der Waals surface area contributed by atoms with Gasteiger partial charge < -0.3 is 5.73 Å². The molecule has 0 spiro atoms. The van der Waals surface area contributed by atoms with Crippen molar-refractivity contribution < 1.29 is 13.6 Å². The second kappa shape index (κ2) is 5.16. The summed E-state index contributed by atoms with van der Waals surface area (Å²) in [5.41, 5.74) is 5.50. The Morgan fingerprint density at radius 2 is 2.00 bits per heavy atom. The fourth-order valence-corrected chi connectivity index (χ4v) is 1.35. The van der Waals surface area contributed by atoms with Gasteiger partial charge in [0, 0.05) is 12.5 Å². The van der Waals surface area contributed by atoms with E-state index in [4.69, 9.17) is 5.73 Å². The van der Waals surface area contributed by atoms with E-state index in [1.807, 2.05) is 0 Å². The Hall–Kier alpha value is -1.29. The smallest absolute Gasteiger partial charge is 0.169 e. The van der Waals surface area contributed by atoms with Gasteiger partial charge in [-0.2, -0.15) is 0 Å². The summed E-state index contributed by atoms with van der Waals surface area (Å²) in [6, 6.07) is 2.59. The van der Waals surface area contributed by atoms with Crippen LogP contribution in [0.1, 0.15) is 35.7 Å². The lowest BCUT2D eigenvalue weighted by atomic mass is 10.0. The first-order chi connectivity index (χ1) is 7.43. The highest BCUT2D eigenvalue weighted by molar-refractivity contribution is 5.96. The Bertz CT molecular complexity index is 402. The molecule has 0 bridgehead atoms. The standard InChI is InChI=1S/C12H15F2NO/c1-7-3-5-9(12(14)11(7)13)10(16)6-4-8(2)15/h3,5,8H,4,6,15H2,1-2H3. The van der Waals surface area contributed by atoms with E-state index in [9.17, 15) is 13.6 Å². The van der Waals surface area contributed by atoms with Gasteiger partial charge >= 0.3 is 0 Å². The number of halogens is 2. The van der Waals surface area contributed by atoms with Crippen molar-refractivity contribution in [2.75, 3.05) is 0 Å². The summed E-state index contributed by atoms with van der Waals surface area (Å²) in [7, 11) is 0. The number of hydrogen-bond donors (Lipinski definition) is 1. The molecule has 0 fully saturated rings. The van der Waals surface area contributed by atoms with Crippen molar-refractivity contribution in [2.24, 2.45) is 5.73 Å². The molecule has 0 saturated carbocycles. The molecule has 0 heterocycles. The average Bonchev–Trinajstić information content (AvgIpc) is 2.23. The topological polar surface area (TPSA) is 43.1 Å². The maximum Gasteiger partial charge on any atom is 0.169 e. The SMILES string of the molecule is Cc1ccc(C(=O)CCC(C)N)c(F)c1F. The van der Waals surface area contributed by atoms with Crippen LogP contribution in [-0.4, -0.2) is 11.8 Å². The van der Waals surface area contributed by atoms with Gasteiger partial charge in [-0.3, -0.25) is 4.79 Å². The van der Waals surface area contributed by atoms with Gasteiger partial charge in [0.15, 0.2) is 17.4 Å². The first-order valence-electron chi connectivity index (χ1n) is 5.17. The fourth-order valence-electron chi connectivity index (χ4n) is 1.35. The number of nitrogens with two attached hydrogens (primary N) is 1. The minimum absolute atomic E-state index is 0.123. The number of Topliss-reactive ketones (excluding diaryl/α,β-unsaturated/α-hetero) is 1. The Kier molecular flexibility index (Phi) is 4.12. The summed E-state index contributed by atoms with van der Waals surface area (Å²) in [5, 5.41) is 0. The van der Waals surface area contributed by atoms with E-state index in [0.717, 1.165) is 0 Å². The van der Waals surface area contributed by atoms with Crippen LogP contribution in [0, 0.1) is 18.6 Å². The molecule has 1 aromatic rings. The lowest BCUT2D eigenvalue weighted by Gasteiger charge is -2.06. The van der Waals surface area contributed by atoms with E-state index in [1.54, 1.807) is 6.92 Å². The molecule has 0 aliphatic carbocycles. The lowest BCUT2D eigenvalue weighted by Crippen LogP contribution is -2.17. The summed E-state index contributed by atoms with van der Waals surface area (Å²) < 4.78 is 26.6. The zero-order chi connectivity index (χ0) is 12.3. The number of aryl methyl sites for hydroxylation is 1. The molecule has 0 aliphatic heterocycles. The maximum atomic E-state index is 13.4. The van der Waals surface area contributed by atoms with E-state index < -0.39 is 17.4 Å². The summed E-state index contributed by atoms with van der Waals surface area (Å²) >= 11 is 0. The summed E-state index contributed by atoms with van der Waals surface area (Å²) in [4.78, 5) is 11.6. The summed E-state index contributed by atoms with van der Waals surface area (Å²) in [5.74, 6) is -2.42. The van der Waals surface area contributed by atoms with Gasteiger partial charge in [-0.05, 0) is 31.9 Å². The maximum absolute atomic E-state index is 13.4. The number of benzene rings is 1. The Morgan fingerprint density at radius 1 is 1.38 bits per heavy atom. The van der Waals surface area contributed by atoms with Gasteiger partial charge in [0.25, 0.3) is 0 Å². The van der Waals surface area contributed by atoms with Crippen LogP contribution in [-0.2, 0) is 0 Å². The Labute approximate surface area is 93.5 Å². The van der Waals surface area contributed by atoms with Gasteiger partial charge in [-0.1, -0.05) is 6.07 Å². The lowest BCUT2D eigenvalue weighted by molar-refractivity contribution is 0.0973. The molecular weight excluding hydrogens is 212 g/mol. The summed E-state index contributed by atoms with van der Waals surface area (Å²) in [6.07, 6.45) is 0.602. The predicted molar refractivity (Wildman–Crippen MR) is 58.3 cm³/mol. The van der Waals surface area contributed by atoms with Crippen LogP contribution in [0.5, 0.6) is 0 Å². The molecule has 0 amide bonds. The number of carbonyl (C=O) groups excluding carboxylic acids is 1. The van der Waals surface area contributed by atoms with E-state index in [2.05, 4.69) is 0 Å². The number of carbonyl (C=O) groups is 1. The van der Waals surface area contributed by atoms with Gasteiger partial charge in [0.2, 0.25) is 0 Å². The third kappa shape index (κ3) is 2.85. The number of rotatable bonds is 4. The quantitative estimate of drug-likeness (QED) is 0.803. The molecule has 0 saturated heterocycles. The zero-order valence-corrected chi connectivity index (χ0v) is 9.39. The molecule has 0 radical (unpaired) electrons. The number of ketones is 1.